The average molecular weight is 190 g/mol. The number of hydrogen-bond acceptors (Lipinski definition) is 2. The summed E-state index contributed by atoms with van der Waals surface area (Å²) >= 11 is 1.11. The fourth-order valence-corrected chi connectivity index (χ4v) is 2.12. The van der Waals surface area contributed by atoms with Crippen molar-refractivity contribution >= 4 is 41.0 Å². The van der Waals surface area contributed by atoms with Crippen LogP contribution in [0.4, 0.5) is 4.39 Å². The maximum absolute atomic E-state index is 13.3. The summed E-state index contributed by atoms with van der Waals surface area (Å²) in [5, 5.41) is 0.460. The second-order valence-corrected chi connectivity index (χ2v) is 3.74. The van der Waals surface area contributed by atoms with Crippen molar-refractivity contribution in [3.63, 3.8) is 0 Å². The first-order valence-corrected chi connectivity index (χ1v) is 4.46. The first kappa shape index (κ1) is 8.44. The molecule has 1 nitrogen and oxygen atoms in total. The van der Waals surface area contributed by atoms with Gasteiger partial charge in [-0.3, -0.25) is 4.79 Å². The zero-order valence-corrected chi connectivity index (χ0v) is 7.40. The Hall–Kier alpha value is -1.16. The van der Waals surface area contributed by atoms with Crippen molar-refractivity contribution in [1.82, 2.24) is 0 Å². The summed E-state index contributed by atoms with van der Waals surface area (Å²) < 4.78 is 14.0. The Morgan fingerprint density at radius 1 is 1.46 bits per heavy atom. The van der Waals surface area contributed by atoms with Gasteiger partial charge in [0.2, 0.25) is 0 Å². The SMILES string of the molecule is [B]c1ccc2c(F)c(C=O)sc2c1. The molecule has 0 bridgehead atoms. The molecule has 0 atom stereocenters. The molecule has 0 spiro atoms. The molecule has 0 N–H and O–H groups in total. The van der Waals surface area contributed by atoms with Crippen LogP contribution in [0.3, 0.4) is 0 Å². The Morgan fingerprint density at radius 3 is 2.92 bits per heavy atom. The van der Waals surface area contributed by atoms with Crippen molar-refractivity contribution in [2.75, 3.05) is 0 Å². The van der Waals surface area contributed by atoms with Crippen LogP contribution < -0.4 is 5.46 Å². The van der Waals surface area contributed by atoms with Crippen molar-refractivity contribution in [2.45, 2.75) is 0 Å². The van der Waals surface area contributed by atoms with Crippen molar-refractivity contribution < 1.29 is 9.18 Å². The summed E-state index contributed by atoms with van der Waals surface area (Å²) in [5.41, 5.74) is 0.575. The quantitative estimate of drug-likeness (QED) is 0.493. The predicted octanol–water partition coefficient (Wildman–Crippen LogP) is 1.65. The number of aldehydes is 1. The molecule has 0 fully saturated rings. The minimum absolute atomic E-state index is 0.126. The van der Waals surface area contributed by atoms with Crippen LogP contribution in [0.5, 0.6) is 0 Å². The highest BCUT2D eigenvalue weighted by Gasteiger charge is 2.10. The van der Waals surface area contributed by atoms with Crippen LogP contribution in [0.15, 0.2) is 18.2 Å². The smallest absolute Gasteiger partial charge is 0.163 e. The highest BCUT2D eigenvalue weighted by atomic mass is 32.1. The lowest BCUT2D eigenvalue weighted by Crippen LogP contribution is -1.98. The third-order valence-corrected chi connectivity index (χ3v) is 2.84. The van der Waals surface area contributed by atoms with Crippen LogP contribution in [-0.2, 0) is 0 Å². The minimum Gasteiger partial charge on any atom is -0.297 e. The Balaban J connectivity index is 2.83. The normalized spacial score (nSPS) is 10.5. The van der Waals surface area contributed by atoms with Gasteiger partial charge < -0.3 is 0 Å². The lowest BCUT2D eigenvalue weighted by molar-refractivity contribution is 0.112. The lowest BCUT2D eigenvalue weighted by atomic mass is 9.96. The molecule has 2 aromatic rings. The number of rotatable bonds is 1. The fourth-order valence-electron chi connectivity index (χ4n) is 1.18. The van der Waals surface area contributed by atoms with Gasteiger partial charge in [0.1, 0.15) is 12.7 Å². The van der Waals surface area contributed by atoms with Gasteiger partial charge >= 0.3 is 0 Å². The Bertz CT molecular complexity index is 478. The highest BCUT2D eigenvalue weighted by Crippen LogP contribution is 2.27. The largest absolute Gasteiger partial charge is 0.297 e. The number of carbonyl (C=O) groups is 1. The van der Waals surface area contributed by atoms with Crippen LogP contribution in [-0.4, -0.2) is 14.1 Å². The van der Waals surface area contributed by atoms with E-state index in [0.717, 1.165) is 11.3 Å². The molecule has 4 heteroatoms. The van der Waals surface area contributed by atoms with Crippen LogP contribution in [0.25, 0.3) is 10.1 Å². The maximum Gasteiger partial charge on any atom is 0.163 e. The Kier molecular flexibility index (Phi) is 1.92. The summed E-state index contributed by atoms with van der Waals surface area (Å²) in [7, 11) is 5.52. The molecule has 1 aromatic carbocycles. The third-order valence-electron chi connectivity index (χ3n) is 1.79. The second-order valence-electron chi connectivity index (χ2n) is 2.65. The van der Waals surface area contributed by atoms with E-state index in [2.05, 4.69) is 0 Å². The molecule has 0 aliphatic heterocycles. The molecule has 1 heterocycles. The summed E-state index contributed by atoms with van der Waals surface area (Å²) in [6, 6.07) is 4.87. The van der Waals surface area contributed by atoms with Gasteiger partial charge in [0.05, 0.1) is 0 Å². The van der Waals surface area contributed by atoms with Crippen LogP contribution >= 0.6 is 11.3 Å². The molecule has 1 aromatic heterocycles. The summed E-state index contributed by atoms with van der Waals surface area (Å²) in [6.07, 6.45) is 0.524. The van der Waals surface area contributed by atoms with E-state index in [1.54, 1.807) is 18.2 Å². The molecule has 0 amide bonds. The zero-order chi connectivity index (χ0) is 9.42. The third kappa shape index (κ3) is 1.27. The lowest BCUT2D eigenvalue weighted by Gasteiger charge is -1.91. The van der Waals surface area contributed by atoms with E-state index >= 15 is 0 Å². The monoisotopic (exact) mass is 190 g/mol. The molecule has 0 aliphatic carbocycles. The molecule has 0 aliphatic rings. The fraction of sp³-hybridized carbons (Fsp3) is 0. The zero-order valence-electron chi connectivity index (χ0n) is 6.58. The van der Waals surface area contributed by atoms with Gasteiger partial charge in [0, 0.05) is 10.1 Å². The highest BCUT2D eigenvalue weighted by molar-refractivity contribution is 7.20. The molecule has 0 saturated heterocycles. The van der Waals surface area contributed by atoms with Gasteiger partial charge in [0.15, 0.2) is 12.1 Å². The van der Waals surface area contributed by atoms with E-state index in [0.29, 0.717) is 21.8 Å². The van der Waals surface area contributed by atoms with Gasteiger partial charge in [-0.05, 0) is 0 Å². The predicted molar refractivity (Wildman–Crippen MR) is 52.6 cm³/mol. The topological polar surface area (TPSA) is 17.1 Å². The summed E-state index contributed by atoms with van der Waals surface area (Å²) in [4.78, 5) is 10.5. The number of hydrogen-bond donors (Lipinski definition) is 0. The summed E-state index contributed by atoms with van der Waals surface area (Å²) in [5.74, 6) is -0.449. The first-order chi connectivity index (χ1) is 6.22. The van der Waals surface area contributed by atoms with E-state index in [1.807, 2.05) is 0 Å². The second kappa shape index (κ2) is 2.96. The molecule has 2 radical (unpaired) electrons. The number of benzene rings is 1. The van der Waals surface area contributed by atoms with Crippen LogP contribution in [0, 0.1) is 5.82 Å². The van der Waals surface area contributed by atoms with E-state index in [-0.39, 0.29) is 4.88 Å². The van der Waals surface area contributed by atoms with Gasteiger partial charge in [-0.1, -0.05) is 23.7 Å². The average Bonchev–Trinajstić information content (AvgIpc) is 2.42. The van der Waals surface area contributed by atoms with Crippen LogP contribution in [0.2, 0.25) is 0 Å². The Morgan fingerprint density at radius 2 is 2.23 bits per heavy atom. The van der Waals surface area contributed by atoms with Crippen molar-refractivity contribution in [2.24, 2.45) is 0 Å². The maximum atomic E-state index is 13.3. The number of halogens is 1. The number of thiophene rings is 1. The van der Waals surface area contributed by atoms with Crippen molar-refractivity contribution in [1.29, 1.82) is 0 Å². The molecule has 0 saturated carbocycles. The standard InChI is InChI=1S/C9H4BFOS/c10-5-1-2-6-7(3-5)13-8(4-12)9(6)11/h1-4H. The minimum atomic E-state index is -0.449. The molecule has 0 unspecified atom stereocenters. The van der Waals surface area contributed by atoms with E-state index in [1.165, 1.54) is 0 Å². The number of fused-ring (bicyclic) bond motifs is 1. The van der Waals surface area contributed by atoms with E-state index in [9.17, 15) is 9.18 Å². The first-order valence-electron chi connectivity index (χ1n) is 3.65. The van der Waals surface area contributed by atoms with Crippen LogP contribution in [0.1, 0.15) is 9.67 Å². The van der Waals surface area contributed by atoms with Gasteiger partial charge in [-0.15, -0.1) is 11.3 Å². The van der Waals surface area contributed by atoms with Gasteiger partial charge in [-0.25, -0.2) is 4.39 Å². The Labute approximate surface area is 79.6 Å². The molecule has 2 rings (SSSR count). The molecular formula is C9H4BFOS. The molecular weight excluding hydrogens is 186 g/mol. The van der Waals surface area contributed by atoms with E-state index < -0.39 is 5.82 Å². The van der Waals surface area contributed by atoms with Gasteiger partial charge in [-0.2, -0.15) is 0 Å². The summed E-state index contributed by atoms with van der Waals surface area (Å²) in [6.45, 7) is 0. The van der Waals surface area contributed by atoms with Crippen molar-refractivity contribution in [3.8, 4) is 0 Å². The van der Waals surface area contributed by atoms with E-state index in [4.69, 9.17) is 7.85 Å². The number of carbonyl (C=O) groups excluding carboxylic acids is 1. The molecule has 62 valence electrons. The molecule has 13 heavy (non-hydrogen) atoms. The van der Waals surface area contributed by atoms with Gasteiger partial charge in [0.25, 0.3) is 0 Å². The van der Waals surface area contributed by atoms with Crippen molar-refractivity contribution in [3.05, 3.63) is 28.9 Å².